The number of benzene rings is 1. The highest BCUT2D eigenvalue weighted by atomic mass is 32.1. The maximum Gasteiger partial charge on any atom is 0.161 e. The van der Waals surface area contributed by atoms with E-state index in [1.807, 2.05) is 0 Å². The van der Waals surface area contributed by atoms with Gasteiger partial charge in [0.25, 0.3) is 0 Å². The molecule has 23 heavy (non-hydrogen) atoms. The quantitative estimate of drug-likeness (QED) is 0.811. The maximum absolute atomic E-state index is 5.52. The van der Waals surface area contributed by atoms with E-state index < -0.39 is 0 Å². The van der Waals surface area contributed by atoms with Crippen molar-refractivity contribution in [2.24, 2.45) is 0 Å². The first-order valence-electron chi connectivity index (χ1n) is 7.79. The Labute approximate surface area is 141 Å². The minimum absolute atomic E-state index is 0.258. The van der Waals surface area contributed by atoms with Gasteiger partial charge in [0.2, 0.25) is 0 Å². The number of hydrogen-bond donors (Lipinski definition) is 0. The van der Waals surface area contributed by atoms with Gasteiger partial charge in [-0.1, -0.05) is 6.07 Å². The van der Waals surface area contributed by atoms with Crippen LogP contribution < -0.4 is 9.47 Å². The monoisotopic (exact) mass is 333 g/mol. The normalized spacial score (nSPS) is 17.8. The van der Waals surface area contributed by atoms with Crippen LogP contribution in [0.15, 0.2) is 29.6 Å². The predicted octanol–water partition coefficient (Wildman–Crippen LogP) is 3.36. The molecule has 0 amide bonds. The lowest BCUT2D eigenvalue weighted by molar-refractivity contribution is 0.127. The van der Waals surface area contributed by atoms with Gasteiger partial charge in [-0.3, -0.25) is 4.90 Å². The van der Waals surface area contributed by atoms with E-state index in [0.717, 1.165) is 37.6 Å². The molecular formula is C18H23NO3S. The number of methoxy groups -OCH3 is 3. The van der Waals surface area contributed by atoms with Crippen molar-refractivity contribution >= 4 is 11.3 Å². The summed E-state index contributed by atoms with van der Waals surface area (Å²) in [6.45, 7) is 2.69. The fourth-order valence-corrected chi connectivity index (χ4v) is 4.10. The van der Waals surface area contributed by atoms with Crippen molar-refractivity contribution in [1.82, 2.24) is 4.90 Å². The van der Waals surface area contributed by atoms with Crippen molar-refractivity contribution in [1.29, 1.82) is 0 Å². The third-order valence-corrected chi connectivity index (χ3v) is 5.29. The number of hydrogen-bond acceptors (Lipinski definition) is 5. The Morgan fingerprint density at radius 1 is 1.17 bits per heavy atom. The first-order valence-corrected chi connectivity index (χ1v) is 8.67. The van der Waals surface area contributed by atoms with Gasteiger partial charge in [-0.2, -0.15) is 0 Å². The minimum Gasteiger partial charge on any atom is -0.493 e. The Hall–Kier alpha value is -1.56. The fraction of sp³-hybridized carbons (Fsp3) is 0.444. The van der Waals surface area contributed by atoms with Crippen molar-refractivity contribution in [3.05, 3.63) is 45.6 Å². The van der Waals surface area contributed by atoms with E-state index in [4.69, 9.17) is 14.2 Å². The molecule has 2 heterocycles. The summed E-state index contributed by atoms with van der Waals surface area (Å²) in [6.07, 6.45) is 1.02. The van der Waals surface area contributed by atoms with Crippen molar-refractivity contribution in [2.45, 2.75) is 12.5 Å². The summed E-state index contributed by atoms with van der Waals surface area (Å²) in [5.41, 5.74) is 2.65. The molecule has 0 spiro atoms. The van der Waals surface area contributed by atoms with Crippen molar-refractivity contribution < 1.29 is 14.2 Å². The third kappa shape index (κ3) is 3.22. The molecule has 2 aromatic rings. The maximum atomic E-state index is 5.52. The third-order valence-electron chi connectivity index (χ3n) is 4.37. The minimum atomic E-state index is 0.258. The first-order chi connectivity index (χ1) is 11.3. The number of ether oxygens (including phenoxy) is 3. The van der Waals surface area contributed by atoms with Crippen LogP contribution in [0.25, 0.3) is 0 Å². The van der Waals surface area contributed by atoms with Crippen LogP contribution in [-0.2, 0) is 11.2 Å². The summed E-state index contributed by atoms with van der Waals surface area (Å²) in [4.78, 5) is 3.85. The average Bonchev–Trinajstić information content (AvgIpc) is 3.12. The Morgan fingerprint density at radius 2 is 1.96 bits per heavy atom. The number of nitrogens with zero attached hydrogens (tertiary/aromatic N) is 1. The summed E-state index contributed by atoms with van der Waals surface area (Å²) in [6, 6.07) is 8.85. The lowest BCUT2D eigenvalue weighted by Gasteiger charge is -2.37. The Morgan fingerprint density at radius 3 is 2.61 bits per heavy atom. The van der Waals surface area contributed by atoms with Gasteiger partial charge in [0.15, 0.2) is 11.5 Å². The summed E-state index contributed by atoms with van der Waals surface area (Å²) >= 11 is 1.80. The molecular weight excluding hydrogens is 310 g/mol. The molecule has 1 aromatic carbocycles. The van der Waals surface area contributed by atoms with Crippen LogP contribution in [0.2, 0.25) is 0 Å². The number of fused-ring (bicyclic) bond motifs is 1. The van der Waals surface area contributed by atoms with E-state index >= 15 is 0 Å². The van der Waals surface area contributed by atoms with Crippen molar-refractivity contribution in [3.8, 4) is 11.5 Å². The van der Waals surface area contributed by atoms with E-state index in [0.29, 0.717) is 0 Å². The SMILES string of the molecule is COCCN1CCc2cc(OC)c(OC)cc2[C@H]1c1cccs1. The molecule has 1 aromatic heterocycles. The van der Waals surface area contributed by atoms with Gasteiger partial charge in [0.1, 0.15) is 0 Å². The van der Waals surface area contributed by atoms with Crippen LogP contribution in [0.5, 0.6) is 11.5 Å². The molecule has 124 valence electrons. The zero-order valence-corrected chi connectivity index (χ0v) is 14.7. The molecule has 0 bridgehead atoms. The molecule has 1 aliphatic heterocycles. The van der Waals surface area contributed by atoms with E-state index in [1.54, 1.807) is 32.7 Å². The molecule has 0 saturated heterocycles. The standard InChI is InChI=1S/C18H23NO3S/c1-20-9-8-19-7-6-13-11-15(21-2)16(22-3)12-14(13)18(19)17-5-4-10-23-17/h4-5,10-12,18H,6-9H2,1-3H3/t18-/m0/s1. The molecule has 0 aliphatic carbocycles. The van der Waals surface area contributed by atoms with Gasteiger partial charge < -0.3 is 14.2 Å². The molecule has 0 fully saturated rings. The van der Waals surface area contributed by atoms with Gasteiger partial charge in [0, 0.05) is 25.1 Å². The average molecular weight is 333 g/mol. The Bertz CT molecular complexity index is 642. The van der Waals surface area contributed by atoms with Crippen molar-refractivity contribution in [3.63, 3.8) is 0 Å². The van der Waals surface area contributed by atoms with Crippen LogP contribution in [0, 0.1) is 0 Å². The lowest BCUT2D eigenvalue weighted by Crippen LogP contribution is -2.37. The predicted molar refractivity (Wildman–Crippen MR) is 92.9 cm³/mol. The number of rotatable bonds is 6. The topological polar surface area (TPSA) is 30.9 Å². The number of thiophene rings is 1. The fourth-order valence-electron chi connectivity index (χ4n) is 3.23. The zero-order chi connectivity index (χ0) is 16.2. The molecule has 0 saturated carbocycles. The molecule has 4 nitrogen and oxygen atoms in total. The summed E-state index contributed by atoms with van der Waals surface area (Å²) in [7, 11) is 5.14. The molecule has 0 unspecified atom stereocenters. The largest absolute Gasteiger partial charge is 0.493 e. The van der Waals surface area contributed by atoms with Gasteiger partial charge in [-0.25, -0.2) is 0 Å². The second kappa shape index (κ2) is 7.34. The Kier molecular flexibility index (Phi) is 5.20. The molecule has 0 radical (unpaired) electrons. The van der Waals surface area contributed by atoms with Crippen molar-refractivity contribution in [2.75, 3.05) is 41.0 Å². The van der Waals surface area contributed by atoms with Gasteiger partial charge >= 0.3 is 0 Å². The zero-order valence-electron chi connectivity index (χ0n) is 13.9. The first kappa shape index (κ1) is 16.3. The summed E-state index contributed by atoms with van der Waals surface area (Å²) in [5.74, 6) is 1.60. The molecule has 5 heteroatoms. The van der Waals surface area contributed by atoms with E-state index in [2.05, 4.69) is 34.5 Å². The summed E-state index contributed by atoms with van der Waals surface area (Å²) < 4.78 is 16.3. The van der Waals surface area contributed by atoms with E-state index in [9.17, 15) is 0 Å². The second-order valence-electron chi connectivity index (χ2n) is 5.60. The highest BCUT2D eigenvalue weighted by Gasteiger charge is 2.30. The van der Waals surface area contributed by atoms with Crippen LogP contribution >= 0.6 is 11.3 Å². The van der Waals surface area contributed by atoms with Gasteiger partial charge in [-0.05, 0) is 41.1 Å². The molecule has 3 rings (SSSR count). The van der Waals surface area contributed by atoms with Crippen LogP contribution in [-0.4, -0.2) is 45.9 Å². The Balaban J connectivity index is 2.04. The smallest absolute Gasteiger partial charge is 0.161 e. The van der Waals surface area contributed by atoms with E-state index in [1.165, 1.54) is 16.0 Å². The van der Waals surface area contributed by atoms with Crippen LogP contribution in [0.3, 0.4) is 0 Å². The molecule has 1 aliphatic rings. The van der Waals surface area contributed by atoms with E-state index in [-0.39, 0.29) is 6.04 Å². The molecule has 0 N–H and O–H groups in total. The molecule has 1 atom stereocenters. The van der Waals surface area contributed by atoms with Gasteiger partial charge in [0.05, 0.1) is 26.9 Å². The van der Waals surface area contributed by atoms with Crippen LogP contribution in [0.4, 0.5) is 0 Å². The van der Waals surface area contributed by atoms with Gasteiger partial charge in [-0.15, -0.1) is 11.3 Å². The highest BCUT2D eigenvalue weighted by Crippen LogP contribution is 2.41. The lowest BCUT2D eigenvalue weighted by atomic mass is 9.91. The van der Waals surface area contributed by atoms with Crippen LogP contribution in [0.1, 0.15) is 22.0 Å². The second-order valence-corrected chi connectivity index (χ2v) is 6.58. The summed E-state index contributed by atoms with van der Waals surface area (Å²) in [5, 5.41) is 2.14. The highest BCUT2D eigenvalue weighted by molar-refractivity contribution is 7.10.